The van der Waals surface area contributed by atoms with Gasteiger partial charge in [0, 0.05) is 23.7 Å². The molecule has 0 saturated carbocycles. The SMILES string of the molecule is CCOCCn1c(=NC(=O)c2cccc(Cl)c2)sc2c(C)cc(C)cc21. The Hall–Kier alpha value is -1.95. The number of thiazole rings is 1. The third-order valence-corrected chi connectivity index (χ3v) is 5.51. The van der Waals surface area contributed by atoms with Crippen molar-refractivity contribution >= 4 is 39.1 Å². The van der Waals surface area contributed by atoms with Crippen LogP contribution in [0.1, 0.15) is 28.4 Å². The van der Waals surface area contributed by atoms with Crippen molar-refractivity contribution < 1.29 is 9.53 Å². The number of carbonyl (C=O) groups is 1. The highest BCUT2D eigenvalue weighted by Crippen LogP contribution is 2.23. The molecule has 0 bridgehead atoms. The van der Waals surface area contributed by atoms with Crippen molar-refractivity contribution in [2.75, 3.05) is 13.2 Å². The first-order valence-corrected chi connectivity index (χ1v) is 9.72. The number of amides is 1. The van der Waals surface area contributed by atoms with E-state index in [1.165, 1.54) is 22.5 Å². The van der Waals surface area contributed by atoms with Gasteiger partial charge in [0.15, 0.2) is 4.80 Å². The second-order valence-electron chi connectivity index (χ2n) is 6.09. The van der Waals surface area contributed by atoms with Crippen LogP contribution >= 0.6 is 22.9 Å². The van der Waals surface area contributed by atoms with Gasteiger partial charge in [-0.1, -0.05) is 35.1 Å². The summed E-state index contributed by atoms with van der Waals surface area (Å²) < 4.78 is 8.73. The molecule has 26 heavy (non-hydrogen) atoms. The fourth-order valence-electron chi connectivity index (χ4n) is 2.89. The molecular formula is C20H21ClN2O2S. The topological polar surface area (TPSA) is 43.6 Å². The Morgan fingerprint density at radius 3 is 2.81 bits per heavy atom. The Morgan fingerprint density at radius 2 is 2.08 bits per heavy atom. The molecule has 0 radical (unpaired) electrons. The second-order valence-corrected chi connectivity index (χ2v) is 7.50. The molecular weight excluding hydrogens is 368 g/mol. The summed E-state index contributed by atoms with van der Waals surface area (Å²) in [5, 5.41) is 0.526. The summed E-state index contributed by atoms with van der Waals surface area (Å²) in [7, 11) is 0. The fraction of sp³-hybridized carbons (Fsp3) is 0.300. The normalized spacial score (nSPS) is 12.1. The van der Waals surface area contributed by atoms with Crippen molar-refractivity contribution in [1.82, 2.24) is 4.57 Å². The van der Waals surface area contributed by atoms with Crippen LogP contribution in [0.25, 0.3) is 10.2 Å². The van der Waals surface area contributed by atoms with E-state index in [0.717, 1.165) is 10.2 Å². The van der Waals surface area contributed by atoms with Crippen LogP contribution < -0.4 is 4.80 Å². The van der Waals surface area contributed by atoms with Gasteiger partial charge < -0.3 is 9.30 Å². The highest BCUT2D eigenvalue weighted by molar-refractivity contribution is 7.16. The average Bonchev–Trinajstić information content (AvgIpc) is 2.93. The summed E-state index contributed by atoms with van der Waals surface area (Å²) in [5.41, 5.74) is 3.95. The van der Waals surface area contributed by atoms with E-state index >= 15 is 0 Å². The summed E-state index contributed by atoms with van der Waals surface area (Å²) in [6, 6.07) is 11.1. The minimum atomic E-state index is -0.293. The first kappa shape index (κ1) is 18.8. The highest BCUT2D eigenvalue weighted by Gasteiger charge is 2.12. The van der Waals surface area contributed by atoms with Crippen LogP contribution in [0, 0.1) is 13.8 Å². The number of fused-ring (bicyclic) bond motifs is 1. The van der Waals surface area contributed by atoms with Crippen molar-refractivity contribution in [1.29, 1.82) is 0 Å². The monoisotopic (exact) mass is 388 g/mol. The molecule has 0 unspecified atom stereocenters. The first-order valence-electron chi connectivity index (χ1n) is 8.52. The molecule has 0 saturated heterocycles. The van der Waals surface area contributed by atoms with E-state index in [0.29, 0.717) is 35.1 Å². The van der Waals surface area contributed by atoms with Gasteiger partial charge >= 0.3 is 0 Å². The van der Waals surface area contributed by atoms with E-state index in [1.54, 1.807) is 24.3 Å². The molecule has 0 N–H and O–H groups in total. The summed E-state index contributed by atoms with van der Waals surface area (Å²) >= 11 is 7.53. The van der Waals surface area contributed by atoms with Crippen molar-refractivity contribution in [2.45, 2.75) is 27.3 Å². The molecule has 2 aromatic carbocycles. The summed E-state index contributed by atoms with van der Waals surface area (Å²) in [6.07, 6.45) is 0. The Morgan fingerprint density at radius 1 is 1.27 bits per heavy atom. The second kappa shape index (κ2) is 8.16. The van der Waals surface area contributed by atoms with E-state index in [2.05, 4.69) is 35.5 Å². The van der Waals surface area contributed by atoms with Crippen molar-refractivity contribution in [2.24, 2.45) is 4.99 Å². The Balaban J connectivity index is 2.12. The van der Waals surface area contributed by atoms with Crippen LogP contribution in [0.3, 0.4) is 0 Å². The fourth-order valence-corrected chi connectivity index (χ4v) is 4.18. The van der Waals surface area contributed by atoms with E-state index in [1.807, 2.05) is 6.92 Å². The van der Waals surface area contributed by atoms with Gasteiger partial charge in [0.25, 0.3) is 5.91 Å². The Bertz CT molecular complexity index is 1020. The molecule has 3 rings (SSSR count). The lowest BCUT2D eigenvalue weighted by molar-refractivity contribution is 0.0996. The lowest BCUT2D eigenvalue weighted by Crippen LogP contribution is -2.19. The van der Waals surface area contributed by atoms with Crippen LogP contribution in [0.2, 0.25) is 5.02 Å². The highest BCUT2D eigenvalue weighted by atomic mass is 35.5. The molecule has 0 aliphatic heterocycles. The molecule has 4 nitrogen and oxygen atoms in total. The molecule has 0 spiro atoms. The van der Waals surface area contributed by atoms with E-state index in [9.17, 15) is 4.79 Å². The standard InChI is InChI=1S/C20H21ClN2O2S/c1-4-25-9-8-23-17-11-13(2)10-14(3)18(17)26-20(23)22-19(24)15-6-5-7-16(21)12-15/h5-7,10-12H,4,8-9H2,1-3H3. The molecule has 6 heteroatoms. The molecule has 1 aromatic heterocycles. The van der Waals surface area contributed by atoms with E-state index in [4.69, 9.17) is 16.3 Å². The molecule has 1 amide bonds. The number of carbonyl (C=O) groups excluding carboxylic acids is 1. The largest absolute Gasteiger partial charge is 0.380 e. The quantitative estimate of drug-likeness (QED) is 0.592. The first-order chi connectivity index (χ1) is 12.5. The predicted octanol–water partition coefficient (Wildman–Crippen LogP) is 4.75. The third-order valence-electron chi connectivity index (χ3n) is 4.05. The summed E-state index contributed by atoms with van der Waals surface area (Å²) in [6.45, 7) is 8.02. The maximum atomic E-state index is 12.6. The smallest absolute Gasteiger partial charge is 0.279 e. The molecule has 0 aliphatic rings. The molecule has 0 aliphatic carbocycles. The van der Waals surface area contributed by atoms with Gasteiger partial charge in [-0.15, -0.1) is 0 Å². The molecule has 1 heterocycles. The van der Waals surface area contributed by atoms with Gasteiger partial charge in [-0.05, 0) is 56.2 Å². The van der Waals surface area contributed by atoms with Crippen molar-refractivity contribution in [3.8, 4) is 0 Å². The van der Waals surface area contributed by atoms with E-state index in [-0.39, 0.29) is 5.91 Å². The number of rotatable bonds is 5. The van der Waals surface area contributed by atoms with Crippen molar-refractivity contribution in [3.05, 3.63) is 62.9 Å². The van der Waals surface area contributed by atoms with Gasteiger partial charge in [-0.3, -0.25) is 4.79 Å². The van der Waals surface area contributed by atoms with Crippen LogP contribution in [0.5, 0.6) is 0 Å². The molecule has 136 valence electrons. The van der Waals surface area contributed by atoms with Gasteiger partial charge in [0.2, 0.25) is 0 Å². The lowest BCUT2D eigenvalue weighted by Gasteiger charge is -2.07. The van der Waals surface area contributed by atoms with E-state index < -0.39 is 0 Å². The minimum Gasteiger partial charge on any atom is -0.380 e. The number of ether oxygens (including phenoxy) is 1. The summed E-state index contributed by atoms with van der Waals surface area (Å²) in [5.74, 6) is -0.293. The Labute approximate surface area is 161 Å². The Kier molecular flexibility index (Phi) is 5.91. The third kappa shape index (κ3) is 4.06. The van der Waals surface area contributed by atoms with Gasteiger partial charge in [0.1, 0.15) is 0 Å². The van der Waals surface area contributed by atoms with Crippen LogP contribution in [0.15, 0.2) is 41.4 Å². The number of hydrogen-bond acceptors (Lipinski definition) is 3. The number of aryl methyl sites for hydroxylation is 2. The zero-order valence-electron chi connectivity index (χ0n) is 15.1. The molecule has 0 fully saturated rings. The lowest BCUT2D eigenvalue weighted by atomic mass is 10.1. The zero-order valence-corrected chi connectivity index (χ0v) is 16.7. The molecule has 0 atom stereocenters. The van der Waals surface area contributed by atoms with Gasteiger partial charge in [0.05, 0.1) is 16.8 Å². The van der Waals surface area contributed by atoms with Crippen LogP contribution in [0.4, 0.5) is 0 Å². The zero-order chi connectivity index (χ0) is 18.7. The van der Waals surface area contributed by atoms with Crippen LogP contribution in [-0.4, -0.2) is 23.7 Å². The van der Waals surface area contributed by atoms with Gasteiger partial charge in [-0.25, -0.2) is 0 Å². The maximum Gasteiger partial charge on any atom is 0.279 e. The maximum absolute atomic E-state index is 12.6. The molecule has 3 aromatic rings. The number of aromatic nitrogens is 1. The number of nitrogens with zero attached hydrogens (tertiary/aromatic N) is 2. The number of benzene rings is 2. The number of hydrogen-bond donors (Lipinski definition) is 0. The van der Waals surface area contributed by atoms with Crippen LogP contribution in [-0.2, 0) is 11.3 Å². The predicted molar refractivity (Wildman–Crippen MR) is 107 cm³/mol. The van der Waals surface area contributed by atoms with Gasteiger partial charge in [-0.2, -0.15) is 4.99 Å². The number of halogens is 1. The van der Waals surface area contributed by atoms with Crippen molar-refractivity contribution in [3.63, 3.8) is 0 Å². The minimum absolute atomic E-state index is 0.293. The average molecular weight is 389 g/mol. The summed E-state index contributed by atoms with van der Waals surface area (Å²) in [4.78, 5) is 17.7.